The summed E-state index contributed by atoms with van der Waals surface area (Å²) < 4.78 is 0. The van der Waals surface area contributed by atoms with E-state index < -0.39 is 5.97 Å². The zero-order valence-electron chi connectivity index (χ0n) is 12.6. The molecule has 4 heteroatoms. The van der Waals surface area contributed by atoms with E-state index in [9.17, 15) is 4.79 Å². The fraction of sp³-hybridized carbons (Fsp3) is 0.278. The summed E-state index contributed by atoms with van der Waals surface area (Å²) in [5.74, 6) is -0.786. The van der Waals surface area contributed by atoms with Gasteiger partial charge in [-0.05, 0) is 17.7 Å². The Hall–Kier alpha value is -2.33. The number of carboxylic acids is 1. The molecule has 0 saturated carbocycles. The zero-order valence-corrected chi connectivity index (χ0v) is 12.6. The number of benzene rings is 2. The van der Waals surface area contributed by atoms with Crippen LogP contribution in [0, 0.1) is 0 Å². The van der Waals surface area contributed by atoms with E-state index in [2.05, 4.69) is 40.5 Å². The van der Waals surface area contributed by atoms with Crippen LogP contribution in [-0.4, -0.2) is 37.3 Å². The van der Waals surface area contributed by atoms with E-state index in [1.807, 2.05) is 18.2 Å². The Morgan fingerprint density at radius 1 is 0.955 bits per heavy atom. The number of anilines is 1. The fourth-order valence-corrected chi connectivity index (χ4v) is 2.33. The Morgan fingerprint density at radius 3 is 2.05 bits per heavy atom. The van der Waals surface area contributed by atoms with Crippen molar-refractivity contribution in [1.29, 1.82) is 0 Å². The van der Waals surface area contributed by atoms with E-state index >= 15 is 0 Å². The molecule has 3 rings (SSSR count). The number of hydrogen-bond acceptors (Lipinski definition) is 3. The van der Waals surface area contributed by atoms with Crippen LogP contribution in [0.2, 0.25) is 0 Å². The van der Waals surface area contributed by atoms with Crippen molar-refractivity contribution in [2.24, 2.45) is 0 Å². The summed E-state index contributed by atoms with van der Waals surface area (Å²) in [4.78, 5) is 12.6. The van der Waals surface area contributed by atoms with Crippen LogP contribution in [0.1, 0.15) is 5.56 Å². The number of para-hydroxylation sites is 1. The molecule has 1 fully saturated rings. The molecule has 116 valence electrons. The number of rotatable bonds is 3. The first-order valence-corrected chi connectivity index (χ1v) is 7.52. The standard InChI is InChI=1S/C10H14N2.C8H8O2/c1-2-4-10(5-3-1)12-8-6-11-7-9-12;9-8(10)6-7-4-2-1-3-5-7/h1-5,11H,6-9H2;1-5H,6H2,(H,9,10). The monoisotopic (exact) mass is 298 g/mol. The number of nitrogens with zero attached hydrogens (tertiary/aromatic N) is 1. The van der Waals surface area contributed by atoms with Crippen molar-refractivity contribution in [3.05, 3.63) is 66.2 Å². The second-order valence-electron chi connectivity index (χ2n) is 5.13. The molecule has 1 saturated heterocycles. The topological polar surface area (TPSA) is 52.6 Å². The van der Waals surface area contributed by atoms with Crippen molar-refractivity contribution < 1.29 is 9.90 Å². The molecular weight excluding hydrogens is 276 g/mol. The number of carbonyl (C=O) groups is 1. The molecule has 1 aliphatic heterocycles. The van der Waals surface area contributed by atoms with Crippen LogP contribution in [0.15, 0.2) is 60.7 Å². The van der Waals surface area contributed by atoms with Crippen LogP contribution in [-0.2, 0) is 11.2 Å². The van der Waals surface area contributed by atoms with E-state index in [-0.39, 0.29) is 6.42 Å². The van der Waals surface area contributed by atoms with Gasteiger partial charge in [-0.25, -0.2) is 0 Å². The highest BCUT2D eigenvalue weighted by Gasteiger charge is 2.08. The average molecular weight is 298 g/mol. The SMILES string of the molecule is O=C(O)Cc1ccccc1.c1ccc(N2CCNCC2)cc1. The third kappa shape index (κ3) is 5.58. The lowest BCUT2D eigenvalue weighted by atomic mass is 10.2. The van der Waals surface area contributed by atoms with Crippen LogP contribution in [0.5, 0.6) is 0 Å². The van der Waals surface area contributed by atoms with Crippen molar-refractivity contribution in [2.75, 3.05) is 31.1 Å². The molecule has 4 nitrogen and oxygen atoms in total. The summed E-state index contributed by atoms with van der Waals surface area (Å²) in [7, 11) is 0. The van der Waals surface area contributed by atoms with Gasteiger partial charge in [-0.3, -0.25) is 4.79 Å². The van der Waals surface area contributed by atoms with E-state index in [0.29, 0.717) is 0 Å². The molecule has 0 aliphatic carbocycles. The van der Waals surface area contributed by atoms with Gasteiger partial charge in [0.15, 0.2) is 0 Å². The predicted molar refractivity (Wildman–Crippen MR) is 89.3 cm³/mol. The molecule has 22 heavy (non-hydrogen) atoms. The Bertz CT molecular complexity index is 552. The minimum absolute atomic E-state index is 0.112. The van der Waals surface area contributed by atoms with E-state index in [1.54, 1.807) is 12.1 Å². The minimum atomic E-state index is -0.786. The highest BCUT2D eigenvalue weighted by Crippen LogP contribution is 2.12. The van der Waals surface area contributed by atoms with Gasteiger partial charge in [0, 0.05) is 31.9 Å². The highest BCUT2D eigenvalue weighted by atomic mass is 16.4. The first kappa shape index (κ1) is 16.0. The molecule has 2 aromatic carbocycles. The second kappa shape index (κ2) is 8.85. The molecule has 0 bridgehead atoms. The first-order valence-electron chi connectivity index (χ1n) is 7.52. The van der Waals surface area contributed by atoms with Gasteiger partial charge in [-0.15, -0.1) is 0 Å². The third-order valence-electron chi connectivity index (χ3n) is 3.44. The van der Waals surface area contributed by atoms with Crippen molar-refractivity contribution in [3.63, 3.8) is 0 Å². The van der Waals surface area contributed by atoms with Crippen LogP contribution < -0.4 is 10.2 Å². The molecule has 0 atom stereocenters. The Balaban J connectivity index is 0.000000164. The van der Waals surface area contributed by atoms with Crippen molar-refractivity contribution in [2.45, 2.75) is 6.42 Å². The summed E-state index contributed by atoms with van der Waals surface area (Å²) >= 11 is 0. The summed E-state index contributed by atoms with van der Waals surface area (Å²) in [6.45, 7) is 4.47. The lowest BCUT2D eigenvalue weighted by Crippen LogP contribution is -2.43. The van der Waals surface area contributed by atoms with Crippen LogP contribution >= 0.6 is 0 Å². The number of nitrogens with one attached hydrogen (secondary N) is 1. The van der Waals surface area contributed by atoms with Gasteiger partial charge in [0.25, 0.3) is 0 Å². The van der Waals surface area contributed by atoms with Crippen LogP contribution in [0.4, 0.5) is 5.69 Å². The largest absolute Gasteiger partial charge is 0.481 e. The average Bonchev–Trinajstić information content (AvgIpc) is 2.57. The summed E-state index contributed by atoms with van der Waals surface area (Å²) in [5.41, 5.74) is 2.19. The van der Waals surface area contributed by atoms with E-state index in [4.69, 9.17) is 5.11 Å². The lowest BCUT2D eigenvalue weighted by molar-refractivity contribution is -0.136. The summed E-state index contributed by atoms with van der Waals surface area (Å²) in [6.07, 6.45) is 0.112. The molecule has 0 spiro atoms. The lowest BCUT2D eigenvalue weighted by Gasteiger charge is -2.29. The summed E-state index contributed by atoms with van der Waals surface area (Å²) in [5, 5.41) is 11.7. The molecule has 1 aliphatic rings. The van der Waals surface area contributed by atoms with Gasteiger partial charge >= 0.3 is 5.97 Å². The van der Waals surface area contributed by atoms with Gasteiger partial charge in [0.05, 0.1) is 6.42 Å². The Labute approximate surface area is 131 Å². The van der Waals surface area contributed by atoms with Crippen LogP contribution in [0.3, 0.4) is 0 Å². The Kier molecular flexibility index (Phi) is 6.45. The third-order valence-corrected chi connectivity index (χ3v) is 3.44. The summed E-state index contributed by atoms with van der Waals surface area (Å²) in [6, 6.07) is 19.7. The molecular formula is C18H22N2O2. The maximum Gasteiger partial charge on any atom is 0.307 e. The van der Waals surface area contributed by atoms with Crippen molar-refractivity contribution in [1.82, 2.24) is 5.32 Å². The quantitative estimate of drug-likeness (QED) is 0.913. The zero-order chi connectivity index (χ0) is 15.6. The number of piperazine rings is 1. The Morgan fingerprint density at radius 2 is 1.50 bits per heavy atom. The smallest absolute Gasteiger partial charge is 0.307 e. The number of aliphatic carboxylic acids is 1. The molecule has 0 radical (unpaired) electrons. The fourth-order valence-electron chi connectivity index (χ4n) is 2.33. The molecule has 2 N–H and O–H groups in total. The maximum atomic E-state index is 10.2. The van der Waals surface area contributed by atoms with Crippen LogP contribution in [0.25, 0.3) is 0 Å². The maximum absolute atomic E-state index is 10.2. The normalized spacial score (nSPS) is 13.9. The molecule has 1 heterocycles. The molecule has 0 aromatic heterocycles. The molecule has 2 aromatic rings. The minimum Gasteiger partial charge on any atom is -0.481 e. The van der Waals surface area contributed by atoms with Gasteiger partial charge in [0.1, 0.15) is 0 Å². The van der Waals surface area contributed by atoms with Gasteiger partial charge < -0.3 is 15.3 Å². The molecule has 0 unspecified atom stereocenters. The first-order chi connectivity index (χ1) is 10.8. The van der Waals surface area contributed by atoms with Gasteiger partial charge in [0.2, 0.25) is 0 Å². The second-order valence-corrected chi connectivity index (χ2v) is 5.13. The van der Waals surface area contributed by atoms with Gasteiger partial charge in [-0.1, -0.05) is 48.5 Å². The van der Waals surface area contributed by atoms with E-state index in [1.165, 1.54) is 5.69 Å². The number of carboxylic acid groups (broad SMARTS) is 1. The molecule has 0 amide bonds. The van der Waals surface area contributed by atoms with Gasteiger partial charge in [-0.2, -0.15) is 0 Å². The van der Waals surface area contributed by atoms with E-state index in [0.717, 1.165) is 31.7 Å². The number of hydrogen-bond donors (Lipinski definition) is 2. The van der Waals surface area contributed by atoms with Crippen molar-refractivity contribution >= 4 is 11.7 Å². The van der Waals surface area contributed by atoms with Crippen molar-refractivity contribution in [3.8, 4) is 0 Å². The predicted octanol–water partition coefficient (Wildman–Crippen LogP) is 2.41. The highest BCUT2D eigenvalue weighted by molar-refractivity contribution is 5.70.